The molecule has 38 heavy (non-hydrogen) atoms. The monoisotopic (exact) mass is 566 g/mol. The lowest BCUT2D eigenvalue weighted by Gasteiger charge is -2.41. The Morgan fingerprint density at radius 3 is 2.29 bits per heavy atom. The summed E-state index contributed by atoms with van der Waals surface area (Å²) in [4.78, 5) is 18.1. The van der Waals surface area contributed by atoms with Gasteiger partial charge in [-0.1, -0.05) is 0 Å². The van der Waals surface area contributed by atoms with E-state index in [9.17, 15) is 26.4 Å². The number of rotatable bonds is 9. The van der Waals surface area contributed by atoms with Crippen LogP contribution >= 0.6 is 0 Å². The Labute approximate surface area is 219 Å². The van der Waals surface area contributed by atoms with Gasteiger partial charge in [-0.25, -0.2) is 23.0 Å². The summed E-state index contributed by atoms with van der Waals surface area (Å²) in [7, 11) is -3.88. The molecule has 3 fully saturated rings. The molecule has 3 aliphatic rings. The molecule has 1 amide bonds. The van der Waals surface area contributed by atoms with Crippen molar-refractivity contribution in [2.24, 2.45) is 0 Å². The number of nitrogens with one attached hydrogen (secondary N) is 1. The van der Waals surface area contributed by atoms with Crippen LogP contribution in [0.2, 0.25) is 0 Å². The van der Waals surface area contributed by atoms with Crippen molar-refractivity contribution >= 4 is 15.9 Å². The minimum atomic E-state index is -4.78. The Balaban J connectivity index is 1.33. The molecular weight excluding hydrogens is 533 g/mol. The number of hydrogen-bond donors (Lipinski definition) is 1. The van der Waals surface area contributed by atoms with Gasteiger partial charge in [-0.15, -0.1) is 13.2 Å². The van der Waals surface area contributed by atoms with Crippen LogP contribution in [0, 0.1) is 0 Å². The van der Waals surface area contributed by atoms with E-state index in [4.69, 9.17) is 19.0 Å². The molecule has 0 bridgehead atoms. The zero-order valence-corrected chi connectivity index (χ0v) is 21.7. The minimum Gasteiger partial charge on any atom is -0.490 e. The molecule has 3 saturated heterocycles. The molecule has 1 aromatic rings. The summed E-state index contributed by atoms with van der Waals surface area (Å²) in [6.07, 6.45) is -2.23. The van der Waals surface area contributed by atoms with Crippen molar-refractivity contribution in [1.29, 1.82) is 0 Å². The average molecular weight is 567 g/mol. The van der Waals surface area contributed by atoms with Gasteiger partial charge in [0.1, 0.15) is 17.6 Å². The van der Waals surface area contributed by atoms with Gasteiger partial charge in [0, 0.05) is 45.8 Å². The quantitative estimate of drug-likeness (QED) is 0.454. The molecule has 0 spiro atoms. The van der Waals surface area contributed by atoms with Gasteiger partial charge in [0.2, 0.25) is 15.9 Å². The predicted molar refractivity (Wildman–Crippen MR) is 127 cm³/mol. The maximum atomic E-state index is 13.8. The van der Waals surface area contributed by atoms with E-state index in [2.05, 4.69) is 10.2 Å². The first-order valence-electron chi connectivity index (χ1n) is 12.7. The number of carbonyl (C=O) groups is 1. The minimum absolute atomic E-state index is 0.186. The number of piperidine rings is 1. The third kappa shape index (κ3) is 7.50. The number of sulfonamides is 1. The molecule has 214 valence electrons. The van der Waals surface area contributed by atoms with Crippen molar-refractivity contribution in [3.8, 4) is 11.5 Å². The van der Waals surface area contributed by atoms with Crippen LogP contribution in [0.15, 0.2) is 24.3 Å². The number of amides is 1. The Morgan fingerprint density at radius 1 is 1.03 bits per heavy atom. The molecule has 0 radical (unpaired) electrons. The molecule has 14 heteroatoms. The van der Waals surface area contributed by atoms with E-state index in [1.54, 1.807) is 0 Å². The highest BCUT2D eigenvalue weighted by molar-refractivity contribution is 7.90. The molecule has 1 atom stereocenters. The number of alkyl halides is 3. The molecule has 4 rings (SSSR count). The number of benzene rings is 1. The SMILES string of the molecule is O=C(CC1(S(=O)(=O)N2CCC(Oc3ccc(OC(F)(F)F)cc3)CC2)CCOCC1)NOC1CCCCO1. The fourth-order valence-electron chi connectivity index (χ4n) is 4.91. The highest BCUT2D eigenvalue weighted by Crippen LogP contribution is 2.37. The first-order valence-corrected chi connectivity index (χ1v) is 14.2. The first kappa shape index (κ1) is 28.9. The maximum Gasteiger partial charge on any atom is 0.573 e. The highest BCUT2D eigenvalue weighted by atomic mass is 32.2. The summed E-state index contributed by atoms with van der Waals surface area (Å²) >= 11 is 0. The standard InChI is InChI=1S/C24H33F3N2O8S/c25-24(26,27)36-20-6-4-18(5-7-20)35-19-8-12-29(13-9-19)38(31,32)23(10-15-33-16-11-23)17-21(30)28-37-22-3-1-2-14-34-22/h4-7,19,22H,1-3,8-17H2,(H,28,30). The van der Waals surface area contributed by atoms with Crippen molar-refractivity contribution < 1.29 is 50.2 Å². The van der Waals surface area contributed by atoms with Crippen LogP contribution < -0.4 is 15.0 Å². The smallest absolute Gasteiger partial charge is 0.490 e. The Bertz CT molecular complexity index is 1020. The van der Waals surface area contributed by atoms with E-state index in [1.165, 1.54) is 16.4 Å². The van der Waals surface area contributed by atoms with Crippen LogP contribution in [-0.4, -0.2) is 75.0 Å². The van der Waals surface area contributed by atoms with Crippen LogP contribution in [-0.2, 0) is 29.1 Å². The van der Waals surface area contributed by atoms with Gasteiger partial charge in [0.15, 0.2) is 6.29 Å². The molecule has 1 aromatic carbocycles. The van der Waals surface area contributed by atoms with Crippen LogP contribution in [0.4, 0.5) is 13.2 Å². The van der Waals surface area contributed by atoms with E-state index in [0.29, 0.717) is 31.6 Å². The van der Waals surface area contributed by atoms with E-state index < -0.39 is 33.3 Å². The molecule has 1 N–H and O–H groups in total. The Kier molecular flexibility index (Phi) is 9.40. The van der Waals surface area contributed by atoms with Crippen LogP contribution in [0.1, 0.15) is 51.4 Å². The highest BCUT2D eigenvalue weighted by Gasteiger charge is 2.50. The van der Waals surface area contributed by atoms with Gasteiger partial charge < -0.3 is 18.9 Å². The normalized spacial score (nSPS) is 23.5. The van der Waals surface area contributed by atoms with Crippen molar-refractivity contribution in [2.75, 3.05) is 32.9 Å². The van der Waals surface area contributed by atoms with E-state index in [1.807, 2.05) is 0 Å². The van der Waals surface area contributed by atoms with Crippen molar-refractivity contribution in [3.63, 3.8) is 0 Å². The van der Waals surface area contributed by atoms with Gasteiger partial charge in [-0.05, 0) is 62.8 Å². The number of carbonyl (C=O) groups excluding carboxylic acids is 1. The second-order valence-corrected chi connectivity index (χ2v) is 12.0. The summed E-state index contributed by atoms with van der Waals surface area (Å²) in [5, 5.41) is 0. The second kappa shape index (κ2) is 12.4. The Hall–Kier alpha value is -2.13. The molecule has 0 aromatic heterocycles. The lowest BCUT2D eigenvalue weighted by atomic mass is 9.95. The third-order valence-corrected chi connectivity index (χ3v) is 9.67. The van der Waals surface area contributed by atoms with E-state index in [0.717, 1.165) is 25.0 Å². The average Bonchev–Trinajstić information content (AvgIpc) is 2.89. The van der Waals surface area contributed by atoms with Crippen molar-refractivity contribution in [3.05, 3.63) is 24.3 Å². The number of halogens is 3. The predicted octanol–water partition coefficient (Wildman–Crippen LogP) is 3.27. The molecule has 0 aliphatic carbocycles. The van der Waals surface area contributed by atoms with Gasteiger partial charge in [-0.2, -0.15) is 0 Å². The lowest BCUT2D eigenvalue weighted by molar-refractivity contribution is -0.274. The molecule has 3 heterocycles. The number of nitrogens with zero attached hydrogens (tertiary/aromatic N) is 1. The van der Waals surface area contributed by atoms with Crippen LogP contribution in [0.25, 0.3) is 0 Å². The molecular formula is C24H33F3N2O8S. The first-order chi connectivity index (χ1) is 18.1. The van der Waals surface area contributed by atoms with Crippen molar-refractivity contribution in [2.45, 2.75) is 74.9 Å². The Morgan fingerprint density at radius 2 is 1.68 bits per heavy atom. The van der Waals surface area contributed by atoms with Crippen LogP contribution in [0.3, 0.4) is 0 Å². The number of hydrogen-bond acceptors (Lipinski definition) is 8. The summed E-state index contributed by atoms with van der Waals surface area (Å²) in [5.74, 6) is -0.519. The zero-order valence-electron chi connectivity index (χ0n) is 20.9. The summed E-state index contributed by atoms with van der Waals surface area (Å²) in [6, 6.07) is 5.07. The zero-order chi connectivity index (χ0) is 27.2. The molecule has 0 saturated carbocycles. The topological polar surface area (TPSA) is 113 Å². The number of ether oxygens (including phenoxy) is 4. The summed E-state index contributed by atoms with van der Waals surface area (Å²) < 4.78 is 85.3. The van der Waals surface area contributed by atoms with E-state index in [-0.39, 0.29) is 57.4 Å². The summed E-state index contributed by atoms with van der Waals surface area (Å²) in [5.41, 5.74) is 2.37. The van der Waals surface area contributed by atoms with Gasteiger partial charge in [0.05, 0.1) is 4.75 Å². The maximum absolute atomic E-state index is 13.8. The van der Waals surface area contributed by atoms with Gasteiger partial charge in [-0.3, -0.25) is 4.79 Å². The largest absolute Gasteiger partial charge is 0.573 e. The molecule has 1 unspecified atom stereocenters. The van der Waals surface area contributed by atoms with Crippen LogP contribution in [0.5, 0.6) is 11.5 Å². The van der Waals surface area contributed by atoms with Gasteiger partial charge in [0.25, 0.3) is 0 Å². The molecule has 3 aliphatic heterocycles. The number of hydroxylamine groups is 1. The molecule has 10 nitrogen and oxygen atoms in total. The van der Waals surface area contributed by atoms with Gasteiger partial charge >= 0.3 is 6.36 Å². The van der Waals surface area contributed by atoms with Crippen molar-refractivity contribution in [1.82, 2.24) is 9.79 Å². The summed E-state index contributed by atoms with van der Waals surface area (Å²) in [6.45, 7) is 1.39. The second-order valence-electron chi connectivity index (χ2n) is 9.65. The fraction of sp³-hybridized carbons (Fsp3) is 0.708. The fourth-order valence-corrected chi connectivity index (χ4v) is 7.15. The lowest BCUT2D eigenvalue weighted by Crippen LogP contribution is -2.55. The third-order valence-electron chi connectivity index (χ3n) is 6.98. The van der Waals surface area contributed by atoms with E-state index >= 15 is 0 Å².